The molecule has 132 valence electrons. The highest BCUT2D eigenvalue weighted by Gasteiger charge is 2.20. The molecular formula is C20H15ClN6. The Hall–Kier alpha value is -3.27. The van der Waals surface area contributed by atoms with Gasteiger partial charge < -0.3 is 5.73 Å². The van der Waals surface area contributed by atoms with E-state index in [-0.39, 0.29) is 0 Å². The lowest BCUT2D eigenvalue weighted by molar-refractivity contribution is 0.905. The van der Waals surface area contributed by atoms with Crippen LogP contribution in [-0.4, -0.2) is 19.6 Å². The lowest BCUT2D eigenvalue weighted by Crippen LogP contribution is -2.01. The summed E-state index contributed by atoms with van der Waals surface area (Å²) in [7, 11) is 0. The van der Waals surface area contributed by atoms with Crippen LogP contribution in [0.4, 0.5) is 0 Å². The number of nitrogens with two attached hydrogens (primary N) is 1. The highest BCUT2D eigenvalue weighted by Crippen LogP contribution is 2.36. The van der Waals surface area contributed by atoms with Crippen LogP contribution in [0.1, 0.15) is 17.0 Å². The molecule has 0 saturated carbocycles. The van der Waals surface area contributed by atoms with Gasteiger partial charge in [-0.2, -0.15) is 10.4 Å². The molecule has 0 atom stereocenters. The van der Waals surface area contributed by atoms with Crippen molar-refractivity contribution in [3.8, 4) is 28.5 Å². The van der Waals surface area contributed by atoms with E-state index < -0.39 is 0 Å². The Labute approximate surface area is 160 Å². The van der Waals surface area contributed by atoms with E-state index >= 15 is 0 Å². The van der Waals surface area contributed by atoms with Gasteiger partial charge in [-0.05, 0) is 36.8 Å². The maximum atomic E-state index is 9.54. The zero-order valence-corrected chi connectivity index (χ0v) is 15.3. The van der Waals surface area contributed by atoms with Gasteiger partial charge in [0.15, 0.2) is 5.65 Å². The number of nitriles is 1. The van der Waals surface area contributed by atoms with Crippen molar-refractivity contribution < 1.29 is 0 Å². The smallest absolute Gasteiger partial charge is 0.163 e. The fraction of sp³-hybridized carbons (Fsp3) is 0.100. The Morgan fingerprint density at radius 1 is 1.19 bits per heavy atom. The average molecular weight is 375 g/mol. The standard InChI is InChI=1S/C20H15ClN6/c1-12-8-14(9-17(21)24-12)18-19(16-5-3-2-4-13(16)10-22)26-27-7-6-15(11-23)25-20(18)27/h2-9H,11,23H2,1H3. The van der Waals surface area contributed by atoms with Crippen molar-refractivity contribution in [2.75, 3.05) is 0 Å². The Morgan fingerprint density at radius 3 is 2.74 bits per heavy atom. The number of aryl methyl sites for hydroxylation is 1. The van der Waals surface area contributed by atoms with Crippen LogP contribution in [0.2, 0.25) is 5.15 Å². The number of rotatable bonds is 3. The summed E-state index contributed by atoms with van der Waals surface area (Å²) >= 11 is 6.20. The third-order valence-corrected chi connectivity index (χ3v) is 4.46. The highest BCUT2D eigenvalue weighted by molar-refractivity contribution is 6.29. The molecule has 0 aliphatic carbocycles. The first-order valence-corrected chi connectivity index (χ1v) is 8.71. The maximum Gasteiger partial charge on any atom is 0.163 e. The summed E-state index contributed by atoms with van der Waals surface area (Å²) in [6.07, 6.45) is 1.82. The molecule has 7 heteroatoms. The van der Waals surface area contributed by atoms with Gasteiger partial charge in [-0.3, -0.25) is 0 Å². The molecule has 0 aliphatic rings. The summed E-state index contributed by atoms with van der Waals surface area (Å²) in [6, 6.07) is 15.1. The van der Waals surface area contributed by atoms with Crippen molar-refractivity contribution in [3.63, 3.8) is 0 Å². The van der Waals surface area contributed by atoms with Crippen molar-refractivity contribution in [1.82, 2.24) is 19.6 Å². The van der Waals surface area contributed by atoms with Crippen molar-refractivity contribution in [2.24, 2.45) is 5.73 Å². The molecule has 0 unspecified atom stereocenters. The number of nitrogens with zero attached hydrogens (tertiary/aromatic N) is 5. The molecule has 0 amide bonds. The van der Waals surface area contributed by atoms with Gasteiger partial charge in [0.1, 0.15) is 10.8 Å². The van der Waals surface area contributed by atoms with E-state index in [1.165, 1.54) is 0 Å². The SMILES string of the molecule is Cc1cc(-c2c(-c3ccccc3C#N)nn3ccc(CN)nc23)cc(Cl)n1. The average Bonchev–Trinajstić information content (AvgIpc) is 3.05. The molecule has 1 aromatic carbocycles. The van der Waals surface area contributed by atoms with E-state index in [0.29, 0.717) is 28.6 Å². The number of hydrogen-bond donors (Lipinski definition) is 1. The van der Waals surface area contributed by atoms with Crippen LogP contribution in [-0.2, 0) is 6.54 Å². The predicted octanol–water partition coefficient (Wildman–Crippen LogP) is 3.75. The van der Waals surface area contributed by atoms with Crippen LogP contribution in [0.25, 0.3) is 28.0 Å². The van der Waals surface area contributed by atoms with Crippen molar-refractivity contribution in [1.29, 1.82) is 5.26 Å². The Balaban J connectivity index is 2.11. The van der Waals surface area contributed by atoms with Gasteiger partial charge in [0, 0.05) is 24.0 Å². The third-order valence-electron chi connectivity index (χ3n) is 4.27. The van der Waals surface area contributed by atoms with Crippen LogP contribution in [0, 0.1) is 18.3 Å². The van der Waals surface area contributed by atoms with Gasteiger partial charge >= 0.3 is 0 Å². The minimum Gasteiger partial charge on any atom is -0.325 e. The first-order chi connectivity index (χ1) is 13.1. The molecule has 2 N–H and O–H groups in total. The summed E-state index contributed by atoms with van der Waals surface area (Å²) in [5.41, 5.74) is 11.5. The van der Waals surface area contributed by atoms with E-state index in [9.17, 15) is 5.26 Å². The molecule has 0 radical (unpaired) electrons. The Bertz CT molecular complexity index is 1180. The lowest BCUT2D eigenvalue weighted by atomic mass is 9.98. The first kappa shape index (κ1) is 17.2. The van der Waals surface area contributed by atoms with Gasteiger partial charge in [-0.15, -0.1) is 0 Å². The van der Waals surface area contributed by atoms with Crippen molar-refractivity contribution >= 4 is 17.2 Å². The molecule has 3 aromatic heterocycles. The van der Waals surface area contributed by atoms with E-state index in [1.54, 1.807) is 16.6 Å². The number of pyridine rings is 1. The normalized spacial score (nSPS) is 10.9. The molecular weight excluding hydrogens is 360 g/mol. The minimum absolute atomic E-state index is 0.321. The Kier molecular flexibility index (Phi) is 4.32. The largest absolute Gasteiger partial charge is 0.325 e. The zero-order valence-electron chi connectivity index (χ0n) is 14.5. The Morgan fingerprint density at radius 2 is 2.00 bits per heavy atom. The summed E-state index contributed by atoms with van der Waals surface area (Å²) in [5, 5.41) is 14.6. The zero-order chi connectivity index (χ0) is 19.0. The summed E-state index contributed by atoms with van der Waals surface area (Å²) in [5.74, 6) is 0. The van der Waals surface area contributed by atoms with Crippen LogP contribution in [0.3, 0.4) is 0 Å². The second-order valence-corrected chi connectivity index (χ2v) is 6.48. The second-order valence-electron chi connectivity index (χ2n) is 6.09. The molecule has 4 aromatic rings. The van der Waals surface area contributed by atoms with Crippen LogP contribution < -0.4 is 5.73 Å². The fourth-order valence-corrected chi connectivity index (χ4v) is 3.34. The number of hydrogen-bond acceptors (Lipinski definition) is 5. The molecule has 0 spiro atoms. The maximum absolute atomic E-state index is 9.54. The van der Waals surface area contributed by atoms with Crippen LogP contribution in [0.5, 0.6) is 0 Å². The van der Waals surface area contributed by atoms with Gasteiger partial charge in [0.25, 0.3) is 0 Å². The van der Waals surface area contributed by atoms with Gasteiger partial charge in [-0.25, -0.2) is 14.5 Å². The minimum atomic E-state index is 0.321. The third kappa shape index (κ3) is 3.04. The fourth-order valence-electron chi connectivity index (χ4n) is 3.09. The van der Waals surface area contributed by atoms with E-state index in [1.807, 2.05) is 43.5 Å². The predicted molar refractivity (Wildman–Crippen MR) is 104 cm³/mol. The van der Waals surface area contributed by atoms with Gasteiger partial charge in [0.2, 0.25) is 0 Å². The van der Waals surface area contributed by atoms with Gasteiger partial charge in [0.05, 0.1) is 22.9 Å². The molecule has 27 heavy (non-hydrogen) atoms. The molecule has 3 heterocycles. The van der Waals surface area contributed by atoms with Crippen molar-refractivity contribution in [3.05, 3.63) is 70.8 Å². The molecule has 0 saturated heterocycles. The van der Waals surface area contributed by atoms with E-state index in [2.05, 4.69) is 16.0 Å². The number of halogens is 1. The summed E-state index contributed by atoms with van der Waals surface area (Å²) < 4.78 is 1.70. The number of benzene rings is 1. The number of fused-ring (bicyclic) bond motifs is 1. The summed E-state index contributed by atoms with van der Waals surface area (Å²) in [6.45, 7) is 2.20. The number of aromatic nitrogens is 4. The van der Waals surface area contributed by atoms with Crippen molar-refractivity contribution in [2.45, 2.75) is 13.5 Å². The van der Waals surface area contributed by atoms with Crippen LogP contribution in [0.15, 0.2) is 48.7 Å². The molecule has 0 aliphatic heterocycles. The monoisotopic (exact) mass is 374 g/mol. The first-order valence-electron chi connectivity index (χ1n) is 8.33. The van der Waals surface area contributed by atoms with E-state index in [4.69, 9.17) is 22.4 Å². The molecule has 6 nitrogen and oxygen atoms in total. The van der Waals surface area contributed by atoms with E-state index in [0.717, 1.165) is 28.1 Å². The molecule has 0 fully saturated rings. The lowest BCUT2D eigenvalue weighted by Gasteiger charge is -2.07. The molecule has 4 rings (SSSR count). The topological polar surface area (TPSA) is 92.9 Å². The quantitative estimate of drug-likeness (QED) is 0.551. The molecule has 0 bridgehead atoms. The second kappa shape index (κ2) is 6.80. The summed E-state index contributed by atoms with van der Waals surface area (Å²) in [4.78, 5) is 8.90. The van der Waals surface area contributed by atoms with Crippen LogP contribution >= 0.6 is 11.6 Å². The van der Waals surface area contributed by atoms with Gasteiger partial charge in [-0.1, -0.05) is 29.8 Å². The highest BCUT2D eigenvalue weighted by atomic mass is 35.5.